The van der Waals surface area contributed by atoms with Crippen LogP contribution in [0.5, 0.6) is 11.5 Å². The Balaban J connectivity index is 0.00000386. The molecular formula is C38H32N4O4Zn. The summed E-state index contributed by atoms with van der Waals surface area (Å²) in [5.41, 5.74) is 9.96. The minimum absolute atomic E-state index is 0. The summed E-state index contributed by atoms with van der Waals surface area (Å²) in [5, 5.41) is 18.3. The quantitative estimate of drug-likeness (QED) is 0.121. The molecule has 8 nitrogen and oxygen atoms in total. The number of ether oxygens (including phenoxy) is 2. The van der Waals surface area contributed by atoms with Gasteiger partial charge in [-0.05, 0) is 70.8 Å². The van der Waals surface area contributed by atoms with Crippen LogP contribution in [0.15, 0.2) is 84.9 Å². The average molecular weight is 674 g/mol. The van der Waals surface area contributed by atoms with Gasteiger partial charge in [-0.3, -0.25) is 0 Å². The van der Waals surface area contributed by atoms with Crippen LogP contribution in [0.2, 0.25) is 0 Å². The first-order valence-electron chi connectivity index (χ1n) is 15.3. The van der Waals surface area contributed by atoms with E-state index in [2.05, 4.69) is 0 Å². The molecule has 9 heteroatoms. The van der Waals surface area contributed by atoms with Crippen LogP contribution in [0.4, 0.5) is 0 Å². The third kappa shape index (κ3) is 7.28. The fraction of sp³-hybridized carbons (Fsp3) is 0.158. The molecule has 0 saturated heterocycles. The zero-order valence-corrected chi connectivity index (χ0v) is 28.8. The topological polar surface area (TPSA) is 113 Å². The fourth-order valence-corrected chi connectivity index (χ4v) is 5.54. The molecule has 0 aliphatic carbocycles. The van der Waals surface area contributed by atoms with Crippen molar-refractivity contribution in [2.45, 2.75) is 12.8 Å². The Morgan fingerprint density at radius 3 is 1.47 bits per heavy atom. The molecule has 2 N–H and O–H groups in total. The van der Waals surface area contributed by atoms with Crippen LogP contribution in [-0.4, -0.2) is 46.6 Å². The summed E-state index contributed by atoms with van der Waals surface area (Å²) in [6.45, 7) is 1.03. The van der Waals surface area contributed by atoms with E-state index >= 15 is 0 Å². The Kier molecular flexibility index (Phi) is 10.1. The van der Waals surface area contributed by atoms with Crippen LogP contribution in [-0.2, 0) is 19.5 Å². The van der Waals surface area contributed by atoms with Gasteiger partial charge in [0.2, 0.25) is 0 Å². The maximum Gasteiger partial charge on any atom is 2.00 e. The molecule has 2 aliphatic heterocycles. The molecule has 3 aromatic heterocycles. The Bertz CT molecular complexity index is 1960. The van der Waals surface area contributed by atoms with Crippen LogP contribution in [0.25, 0.3) is 68.6 Å². The van der Waals surface area contributed by atoms with Crippen molar-refractivity contribution < 1.29 is 39.2 Å². The zero-order chi connectivity index (χ0) is 31.3. The number of nitrogens with zero attached hydrogens (tertiary/aromatic N) is 4. The van der Waals surface area contributed by atoms with Crippen LogP contribution in [0.1, 0.15) is 35.6 Å². The number of aromatic nitrogens is 4. The number of benzene rings is 2. The van der Waals surface area contributed by atoms with Gasteiger partial charge in [0.25, 0.3) is 0 Å². The third-order valence-corrected chi connectivity index (χ3v) is 7.65. The number of hydrogen-bond donors (Lipinski definition) is 2. The van der Waals surface area contributed by atoms with Crippen molar-refractivity contribution in [2.75, 3.05) is 26.4 Å². The molecule has 7 rings (SSSR count). The number of aliphatic hydroxyl groups is 2. The van der Waals surface area contributed by atoms with Gasteiger partial charge in [-0.2, -0.15) is 0 Å². The van der Waals surface area contributed by atoms with Gasteiger partial charge in [0.15, 0.2) is 0 Å². The van der Waals surface area contributed by atoms with E-state index < -0.39 is 0 Å². The maximum absolute atomic E-state index is 9.17. The molecule has 2 aliphatic rings. The van der Waals surface area contributed by atoms with E-state index in [1.807, 2.05) is 109 Å². The molecule has 0 radical (unpaired) electrons. The molecule has 0 fully saturated rings. The molecule has 2 aromatic carbocycles. The largest absolute Gasteiger partial charge is 2.00 e. The maximum atomic E-state index is 9.17. The molecule has 0 unspecified atom stereocenters. The Hall–Kier alpha value is -4.82. The standard InChI is InChI=1S/C38H32N4O4.Zn/c43-17-3-19-45-31-7-1-5-25(21-31)37-33-13-9-27(39-33)23-29-11-15-35(41-29)38(26-6-2-8-32(22-26)46-20-4-18-44)36-16-12-30(42-36)24-28-10-14-34(37)40-28;/h1-2,5-16,21-24,43-44H,3-4,17-20H2;/q-2;+2. The van der Waals surface area contributed by atoms with Crippen LogP contribution in [0.3, 0.4) is 0 Å². The predicted molar refractivity (Wildman–Crippen MR) is 182 cm³/mol. The van der Waals surface area contributed by atoms with Gasteiger partial charge in [0, 0.05) is 26.1 Å². The molecule has 8 bridgehead atoms. The van der Waals surface area contributed by atoms with Gasteiger partial charge < -0.3 is 29.7 Å². The molecule has 230 valence electrons. The van der Waals surface area contributed by atoms with Gasteiger partial charge in [-0.25, -0.2) is 9.97 Å². The normalized spacial score (nSPS) is 11.8. The minimum atomic E-state index is 0. The molecular weight excluding hydrogens is 642 g/mol. The number of hydrogen-bond acceptors (Lipinski definition) is 6. The zero-order valence-electron chi connectivity index (χ0n) is 25.8. The summed E-state index contributed by atoms with van der Waals surface area (Å²) in [4.78, 5) is 20.0. The van der Waals surface area contributed by atoms with Gasteiger partial charge in [-0.15, -0.1) is 22.1 Å². The van der Waals surface area contributed by atoms with Crippen LogP contribution >= 0.6 is 0 Å². The van der Waals surface area contributed by atoms with Crippen molar-refractivity contribution in [1.29, 1.82) is 0 Å². The molecule has 0 saturated carbocycles. The number of aliphatic hydroxyl groups excluding tert-OH is 2. The van der Waals surface area contributed by atoms with Crippen molar-refractivity contribution in [3.8, 4) is 33.8 Å². The molecule has 0 atom stereocenters. The van der Waals surface area contributed by atoms with E-state index in [-0.39, 0.29) is 32.7 Å². The Morgan fingerprint density at radius 2 is 1.02 bits per heavy atom. The molecule has 0 spiro atoms. The monoisotopic (exact) mass is 672 g/mol. The van der Waals surface area contributed by atoms with Gasteiger partial charge in [-0.1, -0.05) is 60.7 Å². The van der Waals surface area contributed by atoms with Crippen molar-refractivity contribution in [1.82, 2.24) is 19.9 Å². The van der Waals surface area contributed by atoms with E-state index in [1.54, 1.807) is 0 Å². The summed E-state index contributed by atoms with van der Waals surface area (Å²) in [6.07, 6.45) is 9.11. The fourth-order valence-electron chi connectivity index (χ4n) is 5.54. The third-order valence-electron chi connectivity index (χ3n) is 7.65. The van der Waals surface area contributed by atoms with Crippen LogP contribution in [0, 0.1) is 0 Å². The van der Waals surface area contributed by atoms with Crippen LogP contribution < -0.4 is 19.4 Å². The Morgan fingerprint density at radius 1 is 0.553 bits per heavy atom. The van der Waals surface area contributed by atoms with Gasteiger partial charge >= 0.3 is 19.5 Å². The van der Waals surface area contributed by atoms with Crippen molar-refractivity contribution in [3.63, 3.8) is 0 Å². The van der Waals surface area contributed by atoms with Crippen molar-refractivity contribution in [2.24, 2.45) is 0 Å². The SMILES string of the molecule is OCCCOc1cccc(-c2c3nc(cc4ccc([n-]4)c(-c4cccc(OCCCO)c4)c4nc(cc5ccc2[n-]5)C=C4)C=C3)c1.[Zn+2]. The molecule has 47 heavy (non-hydrogen) atoms. The summed E-state index contributed by atoms with van der Waals surface area (Å²) >= 11 is 0. The smallest absolute Gasteiger partial charge is 0.657 e. The number of fused-ring (bicyclic) bond motifs is 8. The van der Waals surface area contributed by atoms with E-state index in [4.69, 9.17) is 29.4 Å². The Labute approximate surface area is 285 Å². The van der Waals surface area contributed by atoms with Gasteiger partial charge in [0.05, 0.1) is 36.0 Å². The summed E-state index contributed by atoms with van der Waals surface area (Å²) < 4.78 is 11.8. The summed E-state index contributed by atoms with van der Waals surface area (Å²) in [7, 11) is 0. The van der Waals surface area contributed by atoms with E-state index in [0.717, 1.165) is 78.6 Å². The average Bonchev–Trinajstić information content (AvgIpc) is 3.89. The second-order valence-electron chi connectivity index (χ2n) is 11.0. The van der Waals surface area contributed by atoms with Gasteiger partial charge in [0.1, 0.15) is 11.5 Å². The first-order valence-corrected chi connectivity index (χ1v) is 15.3. The minimum Gasteiger partial charge on any atom is -0.657 e. The molecule has 0 amide bonds. The summed E-state index contributed by atoms with van der Waals surface area (Å²) in [6, 6.07) is 27.7. The van der Waals surface area contributed by atoms with E-state index in [9.17, 15) is 10.2 Å². The second-order valence-corrected chi connectivity index (χ2v) is 11.0. The van der Waals surface area contributed by atoms with Crippen molar-refractivity contribution >= 4 is 46.4 Å². The van der Waals surface area contributed by atoms with Crippen molar-refractivity contribution in [3.05, 3.63) is 108 Å². The van der Waals surface area contributed by atoms with E-state index in [1.165, 1.54) is 0 Å². The first-order chi connectivity index (χ1) is 22.7. The number of rotatable bonds is 10. The molecule has 5 heterocycles. The van der Waals surface area contributed by atoms with E-state index in [0.29, 0.717) is 26.1 Å². The molecule has 5 aromatic rings. The predicted octanol–water partition coefficient (Wildman–Crippen LogP) is 6.77. The second kappa shape index (κ2) is 14.7. The summed E-state index contributed by atoms with van der Waals surface area (Å²) in [5.74, 6) is 1.44. The first kappa shape index (κ1) is 32.1.